The fourth-order valence-corrected chi connectivity index (χ4v) is 3.55. The Labute approximate surface area is 173 Å². The Bertz CT molecular complexity index is 986. The Kier molecular flexibility index (Phi) is 5.84. The van der Waals surface area contributed by atoms with Gasteiger partial charge in [0.05, 0.1) is 5.92 Å². The number of aryl methyl sites for hydroxylation is 1. The van der Waals surface area contributed by atoms with Crippen molar-refractivity contribution in [2.75, 3.05) is 6.79 Å². The van der Waals surface area contributed by atoms with Gasteiger partial charge in [0.1, 0.15) is 11.5 Å². The molecule has 1 aliphatic rings. The highest BCUT2D eigenvalue weighted by molar-refractivity contribution is 5.45. The average molecular weight is 414 g/mol. The Hall–Kier alpha value is -3.15. The highest BCUT2D eigenvalue weighted by atomic mass is 19.4. The van der Waals surface area contributed by atoms with Crippen LogP contribution in [0.3, 0.4) is 0 Å². The van der Waals surface area contributed by atoms with Gasteiger partial charge in [-0.05, 0) is 66.8 Å². The number of benzene rings is 3. The van der Waals surface area contributed by atoms with E-state index >= 15 is 0 Å². The number of hydrogen-bond donors (Lipinski definition) is 0. The molecule has 3 nitrogen and oxygen atoms in total. The first-order chi connectivity index (χ1) is 14.5. The van der Waals surface area contributed by atoms with Crippen LogP contribution in [-0.2, 0) is 6.42 Å². The van der Waals surface area contributed by atoms with Crippen LogP contribution in [-0.4, -0.2) is 13.0 Å². The first-order valence-electron chi connectivity index (χ1n) is 9.77. The molecule has 1 atom stereocenters. The number of para-hydroxylation sites is 1. The van der Waals surface area contributed by atoms with Crippen molar-refractivity contribution in [1.82, 2.24) is 0 Å². The summed E-state index contributed by atoms with van der Waals surface area (Å²) < 4.78 is 57.3. The molecule has 0 bridgehead atoms. The molecule has 4 rings (SSSR count). The number of alkyl halides is 3. The molecule has 1 aliphatic heterocycles. The zero-order valence-corrected chi connectivity index (χ0v) is 16.2. The van der Waals surface area contributed by atoms with Gasteiger partial charge < -0.3 is 14.2 Å². The molecule has 0 saturated carbocycles. The van der Waals surface area contributed by atoms with Gasteiger partial charge in [-0.3, -0.25) is 0 Å². The van der Waals surface area contributed by atoms with Crippen LogP contribution in [0.15, 0.2) is 72.8 Å². The van der Waals surface area contributed by atoms with Crippen LogP contribution in [0.25, 0.3) is 0 Å². The van der Waals surface area contributed by atoms with Crippen molar-refractivity contribution in [2.45, 2.75) is 31.4 Å². The van der Waals surface area contributed by atoms with Gasteiger partial charge in [0.25, 0.3) is 0 Å². The monoisotopic (exact) mass is 414 g/mol. The van der Waals surface area contributed by atoms with E-state index in [4.69, 9.17) is 14.2 Å². The SMILES string of the molecule is FC(F)(F)C(CCCc1cccc(Oc2ccccc2)c1)c1ccc2c(c1)OCO2. The molecule has 0 saturated heterocycles. The van der Waals surface area contributed by atoms with Crippen LogP contribution >= 0.6 is 0 Å². The maximum atomic E-state index is 13.7. The lowest BCUT2D eigenvalue weighted by Gasteiger charge is -2.21. The number of hydrogen-bond acceptors (Lipinski definition) is 3. The first-order valence-corrected chi connectivity index (χ1v) is 9.77. The molecule has 0 spiro atoms. The normalized spacial score (nSPS) is 13.8. The van der Waals surface area contributed by atoms with Crippen LogP contribution in [0.4, 0.5) is 13.2 Å². The van der Waals surface area contributed by atoms with Crippen molar-refractivity contribution >= 4 is 0 Å². The maximum Gasteiger partial charge on any atom is 0.395 e. The van der Waals surface area contributed by atoms with E-state index in [1.165, 1.54) is 12.1 Å². The number of halogens is 3. The lowest BCUT2D eigenvalue weighted by molar-refractivity contribution is -0.152. The van der Waals surface area contributed by atoms with Gasteiger partial charge in [0.15, 0.2) is 11.5 Å². The summed E-state index contributed by atoms with van der Waals surface area (Å²) in [6, 6.07) is 21.3. The largest absolute Gasteiger partial charge is 0.457 e. The maximum absolute atomic E-state index is 13.7. The van der Waals surface area contributed by atoms with Crippen molar-refractivity contribution < 1.29 is 27.4 Å². The number of ether oxygens (including phenoxy) is 3. The summed E-state index contributed by atoms with van der Waals surface area (Å²) in [6.07, 6.45) is -3.41. The minimum absolute atomic E-state index is 0.00703. The van der Waals surface area contributed by atoms with Gasteiger partial charge in [-0.15, -0.1) is 0 Å². The molecular weight excluding hydrogens is 393 g/mol. The fraction of sp³-hybridized carbons (Fsp3) is 0.250. The predicted molar refractivity (Wildman–Crippen MR) is 107 cm³/mol. The van der Waals surface area contributed by atoms with Gasteiger partial charge >= 0.3 is 6.18 Å². The summed E-state index contributed by atoms with van der Waals surface area (Å²) in [6.45, 7) is 0.0386. The summed E-state index contributed by atoms with van der Waals surface area (Å²) in [5.74, 6) is 0.689. The Morgan fingerprint density at radius 2 is 1.60 bits per heavy atom. The smallest absolute Gasteiger partial charge is 0.395 e. The molecule has 0 fully saturated rings. The Morgan fingerprint density at radius 3 is 2.40 bits per heavy atom. The van der Waals surface area contributed by atoms with Crippen molar-refractivity contribution in [3.8, 4) is 23.0 Å². The van der Waals surface area contributed by atoms with Crippen molar-refractivity contribution in [2.24, 2.45) is 0 Å². The van der Waals surface area contributed by atoms with Gasteiger partial charge in [0, 0.05) is 0 Å². The molecule has 1 unspecified atom stereocenters. The van der Waals surface area contributed by atoms with Crippen molar-refractivity contribution in [3.05, 3.63) is 83.9 Å². The zero-order chi connectivity index (χ0) is 21.0. The molecule has 3 aromatic carbocycles. The van der Waals surface area contributed by atoms with E-state index in [1.54, 1.807) is 6.07 Å². The second-order valence-electron chi connectivity index (χ2n) is 7.16. The second kappa shape index (κ2) is 8.69. The Morgan fingerprint density at radius 1 is 0.833 bits per heavy atom. The number of rotatable bonds is 7. The molecule has 1 heterocycles. The van der Waals surface area contributed by atoms with Gasteiger partial charge in [0.2, 0.25) is 6.79 Å². The Balaban J connectivity index is 1.41. The third-order valence-corrected chi connectivity index (χ3v) is 5.03. The summed E-state index contributed by atoms with van der Waals surface area (Å²) in [4.78, 5) is 0. The molecule has 6 heteroatoms. The van der Waals surface area contributed by atoms with Crippen LogP contribution < -0.4 is 14.2 Å². The highest BCUT2D eigenvalue weighted by Crippen LogP contribution is 2.42. The molecule has 0 aromatic heterocycles. The van der Waals surface area contributed by atoms with Gasteiger partial charge in [-0.2, -0.15) is 13.2 Å². The summed E-state index contributed by atoms with van der Waals surface area (Å²) >= 11 is 0. The van der Waals surface area contributed by atoms with E-state index in [0.717, 1.165) is 11.3 Å². The molecule has 156 valence electrons. The molecule has 0 aliphatic carbocycles. The first kappa shape index (κ1) is 20.1. The quantitative estimate of drug-likeness (QED) is 0.422. The van der Waals surface area contributed by atoms with Gasteiger partial charge in [-0.1, -0.05) is 36.4 Å². The third kappa shape index (κ3) is 4.87. The minimum atomic E-state index is -4.33. The number of fused-ring (bicyclic) bond motifs is 1. The third-order valence-electron chi connectivity index (χ3n) is 5.03. The van der Waals surface area contributed by atoms with Gasteiger partial charge in [-0.25, -0.2) is 0 Å². The second-order valence-corrected chi connectivity index (χ2v) is 7.16. The molecular formula is C24H21F3O3. The van der Waals surface area contributed by atoms with E-state index in [1.807, 2.05) is 54.6 Å². The molecule has 3 aromatic rings. The zero-order valence-electron chi connectivity index (χ0n) is 16.2. The fourth-order valence-electron chi connectivity index (χ4n) is 3.55. The van der Waals surface area contributed by atoms with E-state index in [9.17, 15) is 13.2 Å². The van der Waals surface area contributed by atoms with E-state index < -0.39 is 12.1 Å². The van der Waals surface area contributed by atoms with Crippen molar-refractivity contribution in [1.29, 1.82) is 0 Å². The lowest BCUT2D eigenvalue weighted by Crippen LogP contribution is -2.21. The molecule has 0 amide bonds. The van der Waals surface area contributed by atoms with Crippen LogP contribution in [0.1, 0.15) is 29.9 Å². The van der Waals surface area contributed by atoms with Crippen LogP contribution in [0, 0.1) is 0 Å². The minimum Gasteiger partial charge on any atom is -0.457 e. The van der Waals surface area contributed by atoms with Crippen LogP contribution in [0.5, 0.6) is 23.0 Å². The molecule has 30 heavy (non-hydrogen) atoms. The predicted octanol–water partition coefficient (Wildman–Crippen LogP) is 6.88. The summed E-state index contributed by atoms with van der Waals surface area (Å²) in [7, 11) is 0. The molecule has 0 radical (unpaired) electrons. The van der Waals surface area contributed by atoms with Crippen LogP contribution in [0.2, 0.25) is 0 Å². The lowest BCUT2D eigenvalue weighted by atomic mass is 9.91. The molecule has 0 N–H and O–H groups in total. The summed E-state index contributed by atoms with van der Waals surface area (Å²) in [5.41, 5.74) is 1.14. The highest BCUT2D eigenvalue weighted by Gasteiger charge is 2.40. The standard InChI is InChI=1S/C24H21F3O3/c25-24(26,27)21(18-12-13-22-23(15-18)29-16-28-22)11-5-7-17-6-4-10-20(14-17)30-19-8-2-1-3-9-19/h1-4,6,8-10,12-15,21H,5,7,11,16H2. The van der Waals surface area contributed by atoms with E-state index in [-0.39, 0.29) is 18.8 Å². The average Bonchev–Trinajstić information content (AvgIpc) is 3.19. The van der Waals surface area contributed by atoms with Crippen molar-refractivity contribution in [3.63, 3.8) is 0 Å². The topological polar surface area (TPSA) is 27.7 Å². The van der Waals surface area contributed by atoms with E-state index in [0.29, 0.717) is 30.1 Å². The summed E-state index contributed by atoms with van der Waals surface area (Å²) in [5, 5.41) is 0. The van der Waals surface area contributed by atoms with E-state index in [2.05, 4.69) is 0 Å².